The monoisotopic (exact) mass is 365 g/mol. The van der Waals surface area contributed by atoms with Gasteiger partial charge in [-0.2, -0.15) is 0 Å². The van der Waals surface area contributed by atoms with Gasteiger partial charge in [0.15, 0.2) is 0 Å². The van der Waals surface area contributed by atoms with Gasteiger partial charge in [0.2, 0.25) is 5.91 Å². The van der Waals surface area contributed by atoms with Crippen LogP contribution in [0.15, 0.2) is 60.7 Å². The first-order valence-corrected chi connectivity index (χ1v) is 9.85. The van der Waals surface area contributed by atoms with Crippen LogP contribution in [0.2, 0.25) is 0 Å². The summed E-state index contributed by atoms with van der Waals surface area (Å²) >= 11 is 0. The third kappa shape index (κ3) is 3.52. The van der Waals surface area contributed by atoms with E-state index in [0.29, 0.717) is 26.1 Å². The second-order valence-electron chi connectivity index (χ2n) is 7.81. The van der Waals surface area contributed by atoms with Crippen molar-refractivity contribution < 1.29 is 14.6 Å². The highest BCUT2D eigenvalue weighted by molar-refractivity contribution is 5.88. The van der Waals surface area contributed by atoms with Gasteiger partial charge in [-0.3, -0.25) is 4.79 Å². The number of carbonyl (C=O) groups excluding carboxylic acids is 1. The first-order chi connectivity index (χ1) is 13.2. The van der Waals surface area contributed by atoms with E-state index < -0.39 is 11.0 Å². The lowest BCUT2D eigenvalue weighted by molar-refractivity contribution is -0.132. The fraction of sp³-hybridized carbons (Fsp3) is 0.435. The minimum absolute atomic E-state index is 0.00740. The van der Waals surface area contributed by atoms with Crippen LogP contribution in [-0.4, -0.2) is 30.8 Å². The Hall–Kier alpha value is -2.17. The standard InChI is InChI=1S/C23H27NO3/c25-21(22(13-15-27-16-14-22)18-7-3-1-4-8-18)24-17-23(26,20-11-12-20)19-9-5-2-6-10-19/h1-10,20,26H,11-17H2,(H,24,25)/t23-/m1/s1. The van der Waals surface area contributed by atoms with Crippen LogP contribution in [0.5, 0.6) is 0 Å². The van der Waals surface area contributed by atoms with E-state index in [-0.39, 0.29) is 18.4 Å². The molecule has 1 amide bonds. The molecule has 0 spiro atoms. The van der Waals surface area contributed by atoms with Crippen LogP contribution in [0.4, 0.5) is 0 Å². The largest absolute Gasteiger partial charge is 0.383 e. The number of benzene rings is 2. The van der Waals surface area contributed by atoms with Crippen LogP contribution >= 0.6 is 0 Å². The Balaban J connectivity index is 1.56. The van der Waals surface area contributed by atoms with Crippen molar-refractivity contribution in [2.24, 2.45) is 5.92 Å². The number of rotatable bonds is 6. The smallest absolute Gasteiger partial charge is 0.230 e. The molecule has 0 bridgehead atoms. The molecule has 0 unspecified atom stereocenters. The second kappa shape index (κ2) is 7.45. The number of hydrogen-bond acceptors (Lipinski definition) is 3. The maximum atomic E-state index is 13.4. The van der Waals surface area contributed by atoms with E-state index in [1.807, 2.05) is 60.7 Å². The number of amides is 1. The summed E-state index contributed by atoms with van der Waals surface area (Å²) in [5, 5.41) is 14.5. The van der Waals surface area contributed by atoms with Gasteiger partial charge < -0.3 is 15.2 Å². The molecule has 0 radical (unpaired) electrons. The molecule has 27 heavy (non-hydrogen) atoms. The van der Waals surface area contributed by atoms with Crippen molar-refractivity contribution in [3.05, 3.63) is 71.8 Å². The number of carbonyl (C=O) groups is 1. The lowest BCUT2D eigenvalue weighted by atomic mass is 9.73. The molecule has 2 aromatic carbocycles. The molecule has 1 atom stereocenters. The zero-order chi connectivity index (χ0) is 18.7. The highest BCUT2D eigenvalue weighted by Gasteiger charge is 2.47. The van der Waals surface area contributed by atoms with Crippen LogP contribution < -0.4 is 5.32 Å². The van der Waals surface area contributed by atoms with Crippen molar-refractivity contribution in [3.63, 3.8) is 0 Å². The van der Waals surface area contributed by atoms with Crippen molar-refractivity contribution >= 4 is 5.91 Å². The quantitative estimate of drug-likeness (QED) is 0.827. The maximum absolute atomic E-state index is 13.4. The molecule has 142 valence electrons. The van der Waals surface area contributed by atoms with Crippen LogP contribution in [-0.2, 0) is 20.5 Å². The van der Waals surface area contributed by atoms with Crippen LogP contribution in [0.1, 0.15) is 36.8 Å². The molecule has 1 saturated carbocycles. The Morgan fingerprint density at radius 3 is 2.22 bits per heavy atom. The molecule has 1 aliphatic heterocycles. The summed E-state index contributed by atoms with van der Waals surface area (Å²) in [6, 6.07) is 19.7. The van der Waals surface area contributed by atoms with Gasteiger partial charge in [-0.1, -0.05) is 60.7 Å². The summed E-state index contributed by atoms with van der Waals surface area (Å²) in [6.07, 6.45) is 3.32. The molecule has 2 fully saturated rings. The Kier molecular flexibility index (Phi) is 5.02. The summed E-state index contributed by atoms with van der Waals surface area (Å²) in [5.41, 5.74) is 0.328. The van der Waals surface area contributed by atoms with Gasteiger partial charge in [0.1, 0.15) is 5.60 Å². The van der Waals surface area contributed by atoms with Crippen LogP contribution in [0, 0.1) is 5.92 Å². The third-order valence-electron chi connectivity index (χ3n) is 6.15. The van der Waals surface area contributed by atoms with Crippen LogP contribution in [0.3, 0.4) is 0 Å². The fourth-order valence-corrected chi connectivity index (χ4v) is 4.28. The molecule has 1 saturated heterocycles. The molecule has 2 aromatic rings. The van der Waals surface area contributed by atoms with E-state index in [0.717, 1.165) is 24.0 Å². The van der Waals surface area contributed by atoms with Gasteiger partial charge in [-0.15, -0.1) is 0 Å². The Morgan fingerprint density at radius 2 is 1.63 bits per heavy atom. The molecular formula is C23H27NO3. The van der Waals surface area contributed by atoms with Crippen molar-refractivity contribution in [1.29, 1.82) is 0 Å². The number of nitrogens with one attached hydrogen (secondary N) is 1. The normalized spacial score (nSPS) is 21.2. The molecule has 2 N–H and O–H groups in total. The fourth-order valence-electron chi connectivity index (χ4n) is 4.28. The Labute approximate surface area is 160 Å². The molecule has 1 aliphatic carbocycles. The summed E-state index contributed by atoms with van der Waals surface area (Å²) in [7, 11) is 0. The van der Waals surface area contributed by atoms with E-state index in [4.69, 9.17) is 4.74 Å². The van der Waals surface area contributed by atoms with E-state index in [1.165, 1.54) is 0 Å². The average molecular weight is 365 g/mol. The molecule has 4 heteroatoms. The van der Waals surface area contributed by atoms with E-state index in [2.05, 4.69) is 5.32 Å². The lowest BCUT2D eigenvalue weighted by Gasteiger charge is -2.38. The maximum Gasteiger partial charge on any atom is 0.230 e. The van der Waals surface area contributed by atoms with Crippen molar-refractivity contribution in [3.8, 4) is 0 Å². The van der Waals surface area contributed by atoms with Crippen molar-refractivity contribution in [1.82, 2.24) is 5.32 Å². The molecule has 4 rings (SSSR count). The van der Waals surface area contributed by atoms with Crippen molar-refractivity contribution in [2.75, 3.05) is 19.8 Å². The molecule has 1 heterocycles. The van der Waals surface area contributed by atoms with Gasteiger partial charge in [0, 0.05) is 13.2 Å². The minimum atomic E-state index is -1.00. The van der Waals surface area contributed by atoms with Gasteiger partial charge in [-0.25, -0.2) is 0 Å². The molecular weight excluding hydrogens is 338 g/mol. The minimum Gasteiger partial charge on any atom is -0.383 e. The first kappa shape index (κ1) is 18.2. The van der Waals surface area contributed by atoms with Gasteiger partial charge in [-0.05, 0) is 42.7 Å². The molecule has 4 nitrogen and oxygen atoms in total. The predicted octanol–water partition coefficient (Wildman–Crippen LogP) is 3.15. The number of hydrogen-bond donors (Lipinski definition) is 2. The van der Waals surface area contributed by atoms with E-state index in [9.17, 15) is 9.90 Å². The predicted molar refractivity (Wildman–Crippen MR) is 104 cm³/mol. The third-order valence-corrected chi connectivity index (χ3v) is 6.15. The summed E-state index contributed by atoms with van der Waals surface area (Å²) < 4.78 is 5.53. The van der Waals surface area contributed by atoms with E-state index in [1.54, 1.807) is 0 Å². The number of aliphatic hydroxyl groups is 1. The Bertz CT molecular complexity index is 767. The van der Waals surface area contributed by atoms with Crippen LogP contribution in [0.25, 0.3) is 0 Å². The summed E-state index contributed by atoms with van der Waals surface area (Å²) in [6.45, 7) is 1.40. The average Bonchev–Trinajstić information content (AvgIpc) is 3.59. The van der Waals surface area contributed by atoms with E-state index >= 15 is 0 Å². The van der Waals surface area contributed by atoms with Gasteiger partial charge in [0.25, 0.3) is 0 Å². The van der Waals surface area contributed by atoms with Crippen molar-refractivity contribution in [2.45, 2.75) is 36.7 Å². The zero-order valence-electron chi connectivity index (χ0n) is 15.6. The molecule has 0 aromatic heterocycles. The lowest BCUT2D eigenvalue weighted by Crippen LogP contribution is -2.52. The summed E-state index contributed by atoms with van der Waals surface area (Å²) in [4.78, 5) is 13.4. The second-order valence-corrected chi connectivity index (χ2v) is 7.81. The highest BCUT2D eigenvalue weighted by Crippen LogP contribution is 2.45. The molecule has 2 aliphatic rings. The first-order valence-electron chi connectivity index (χ1n) is 9.85. The topological polar surface area (TPSA) is 58.6 Å². The summed E-state index contributed by atoms with van der Waals surface area (Å²) in [5.74, 6) is 0.203. The Morgan fingerprint density at radius 1 is 1.04 bits per heavy atom. The van der Waals surface area contributed by atoms with Gasteiger partial charge >= 0.3 is 0 Å². The highest BCUT2D eigenvalue weighted by atomic mass is 16.5. The van der Waals surface area contributed by atoms with Gasteiger partial charge in [0.05, 0.1) is 12.0 Å². The SMILES string of the molecule is O=C(NC[C@@](O)(c1ccccc1)C1CC1)C1(c2ccccc2)CCOCC1. The zero-order valence-corrected chi connectivity index (χ0v) is 15.6. The number of ether oxygens (including phenoxy) is 1.